The van der Waals surface area contributed by atoms with Crippen molar-refractivity contribution in [3.63, 3.8) is 0 Å². The number of esters is 1. The number of halogens is 1. The minimum absolute atomic E-state index is 0.115. The molecular weight excluding hydrogens is 461 g/mol. The molecule has 180 valence electrons. The van der Waals surface area contributed by atoms with Crippen LogP contribution in [-0.4, -0.2) is 35.4 Å². The molecule has 1 N–H and O–H groups in total. The molecule has 5 rings (SSSR count). The van der Waals surface area contributed by atoms with Gasteiger partial charge in [0.1, 0.15) is 5.82 Å². The molecule has 0 bridgehead atoms. The van der Waals surface area contributed by atoms with Gasteiger partial charge in [-0.3, -0.25) is 9.59 Å². The molecule has 0 spiro atoms. The number of amides is 2. The van der Waals surface area contributed by atoms with Crippen LogP contribution in [0.5, 0.6) is 0 Å². The summed E-state index contributed by atoms with van der Waals surface area (Å²) in [7, 11) is 0. The number of nitrogens with one attached hydrogen (secondary N) is 1. The highest BCUT2D eigenvalue weighted by Crippen LogP contribution is 2.31. The normalized spacial score (nSPS) is 15.1. The van der Waals surface area contributed by atoms with Crippen molar-refractivity contribution < 1.29 is 23.5 Å². The summed E-state index contributed by atoms with van der Waals surface area (Å²) < 4.78 is 18.9. The van der Waals surface area contributed by atoms with Gasteiger partial charge in [-0.25, -0.2) is 14.2 Å². The van der Waals surface area contributed by atoms with Crippen LogP contribution in [0.25, 0.3) is 22.2 Å². The molecule has 2 amide bonds. The van der Waals surface area contributed by atoms with E-state index in [1.807, 2.05) is 0 Å². The Balaban J connectivity index is 1.42. The second-order valence-electron chi connectivity index (χ2n) is 8.54. The van der Waals surface area contributed by atoms with E-state index >= 15 is 0 Å². The van der Waals surface area contributed by atoms with E-state index in [9.17, 15) is 18.8 Å². The number of hydrogen-bond donors (Lipinski definition) is 1. The third-order valence-electron chi connectivity index (χ3n) is 6.03. The van der Waals surface area contributed by atoms with Crippen molar-refractivity contribution in [2.45, 2.75) is 19.4 Å². The van der Waals surface area contributed by atoms with Gasteiger partial charge >= 0.3 is 5.97 Å². The lowest BCUT2D eigenvalue weighted by Gasteiger charge is -2.27. The predicted octanol–water partition coefficient (Wildman–Crippen LogP) is 4.96. The fraction of sp³-hybridized carbons (Fsp3) is 0.143. The van der Waals surface area contributed by atoms with Crippen LogP contribution in [0.2, 0.25) is 0 Å². The van der Waals surface area contributed by atoms with Crippen molar-refractivity contribution >= 4 is 40.1 Å². The highest BCUT2D eigenvalue weighted by molar-refractivity contribution is 6.07. The molecule has 1 aliphatic rings. The van der Waals surface area contributed by atoms with Crippen molar-refractivity contribution in [2.24, 2.45) is 0 Å². The summed E-state index contributed by atoms with van der Waals surface area (Å²) in [5.41, 5.74) is 3.00. The lowest BCUT2D eigenvalue weighted by atomic mass is 10.0. The van der Waals surface area contributed by atoms with E-state index in [2.05, 4.69) is 10.3 Å². The number of carbonyl (C=O) groups is 3. The zero-order chi connectivity index (χ0) is 25.2. The summed E-state index contributed by atoms with van der Waals surface area (Å²) in [5, 5.41) is 3.38. The molecule has 0 saturated heterocycles. The van der Waals surface area contributed by atoms with Crippen LogP contribution in [-0.2, 0) is 14.3 Å². The van der Waals surface area contributed by atoms with Gasteiger partial charge in [0.15, 0.2) is 6.61 Å². The van der Waals surface area contributed by atoms with Gasteiger partial charge in [0.2, 0.25) is 5.91 Å². The highest BCUT2D eigenvalue weighted by atomic mass is 19.1. The van der Waals surface area contributed by atoms with E-state index in [4.69, 9.17) is 4.74 Å². The number of nitrogens with zero attached hydrogens (tertiary/aromatic N) is 2. The third kappa shape index (κ3) is 4.53. The lowest BCUT2D eigenvalue weighted by molar-refractivity contribution is -0.122. The van der Waals surface area contributed by atoms with Crippen LogP contribution in [0.3, 0.4) is 0 Å². The van der Waals surface area contributed by atoms with E-state index in [0.717, 1.165) is 0 Å². The number of para-hydroxylation sites is 3. The zero-order valence-electron chi connectivity index (χ0n) is 19.4. The average molecular weight is 483 g/mol. The summed E-state index contributed by atoms with van der Waals surface area (Å²) in [6, 6.07) is 21.1. The largest absolute Gasteiger partial charge is 0.452 e. The van der Waals surface area contributed by atoms with Gasteiger partial charge in [-0.2, -0.15) is 0 Å². The molecule has 36 heavy (non-hydrogen) atoms. The van der Waals surface area contributed by atoms with Gasteiger partial charge in [-0.05, 0) is 55.5 Å². The predicted molar refractivity (Wildman–Crippen MR) is 134 cm³/mol. The van der Waals surface area contributed by atoms with Crippen LogP contribution in [0.1, 0.15) is 23.7 Å². The van der Waals surface area contributed by atoms with E-state index in [1.165, 1.54) is 17.0 Å². The number of pyridine rings is 1. The smallest absolute Gasteiger partial charge is 0.339 e. The van der Waals surface area contributed by atoms with Gasteiger partial charge in [-0.1, -0.05) is 30.3 Å². The molecule has 7 nitrogen and oxygen atoms in total. The van der Waals surface area contributed by atoms with Crippen molar-refractivity contribution in [3.8, 4) is 11.3 Å². The van der Waals surface area contributed by atoms with E-state index in [1.54, 1.807) is 73.7 Å². The number of anilines is 2. The molecule has 2 heterocycles. The molecule has 3 aromatic carbocycles. The molecular formula is C28H22FN3O4. The molecule has 8 heteroatoms. The standard InChI is InChI=1S/C28H22FN3O4/c1-17-14-26(33)31-23-8-4-5-9-25(23)32(17)27(34)16-36-28(35)21-15-24(18-10-12-19(29)13-11-18)30-22-7-3-2-6-20(21)22/h2-13,15,17H,14,16H2,1H3,(H,31,33). The van der Waals surface area contributed by atoms with E-state index in [-0.39, 0.29) is 23.7 Å². The Hall–Kier alpha value is -4.59. The molecule has 4 aromatic rings. The Morgan fingerprint density at radius 1 is 1.06 bits per heavy atom. The fourth-order valence-electron chi connectivity index (χ4n) is 4.36. The molecule has 1 aliphatic heterocycles. The first kappa shape index (κ1) is 23.2. The minimum Gasteiger partial charge on any atom is -0.452 e. The molecule has 0 aliphatic carbocycles. The number of hydrogen-bond acceptors (Lipinski definition) is 5. The van der Waals surface area contributed by atoms with Crippen LogP contribution in [0.15, 0.2) is 78.9 Å². The van der Waals surface area contributed by atoms with Crippen LogP contribution >= 0.6 is 0 Å². The Bertz CT molecular complexity index is 1490. The van der Waals surface area contributed by atoms with Crippen molar-refractivity contribution in [2.75, 3.05) is 16.8 Å². The summed E-state index contributed by atoms with van der Waals surface area (Å²) in [6.45, 7) is 1.26. The Morgan fingerprint density at radius 3 is 2.58 bits per heavy atom. The maximum absolute atomic E-state index is 13.4. The minimum atomic E-state index is -0.685. The van der Waals surface area contributed by atoms with Gasteiger partial charge in [0, 0.05) is 23.4 Å². The van der Waals surface area contributed by atoms with Crippen molar-refractivity contribution in [1.29, 1.82) is 0 Å². The van der Waals surface area contributed by atoms with Crippen molar-refractivity contribution in [1.82, 2.24) is 4.98 Å². The number of fused-ring (bicyclic) bond motifs is 2. The summed E-state index contributed by atoms with van der Waals surface area (Å²) in [4.78, 5) is 44.7. The molecule has 1 aromatic heterocycles. The van der Waals surface area contributed by atoms with Crippen LogP contribution in [0, 0.1) is 5.82 Å². The number of aromatic nitrogens is 1. The van der Waals surface area contributed by atoms with Gasteiger partial charge in [0.05, 0.1) is 28.1 Å². The molecule has 0 saturated carbocycles. The first-order valence-electron chi connectivity index (χ1n) is 11.4. The second-order valence-corrected chi connectivity index (χ2v) is 8.54. The lowest BCUT2D eigenvalue weighted by Crippen LogP contribution is -2.41. The van der Waals surface area contributed by atoms with Crippen LogP contribution < -0.4 is 10.2 Å². The second kappa shape index (κ2) is 9.58. The van der Waals surface area contributed by atoms with Gasteiger partial charge in [-0.15, -0.1) is 0 Å². The summed E-state index contributed by atoms with van der Waals surface area (Å²) in [6.07, 6.45) is 0.115. The average Bonchev–Trinajstić information content (AvgIpc) is 3.01. The first-order valence-corrected chi connectivity index (χ1v) is 11.4. The zero-order valence-corrected chi connectivity index (χ0v) is 19.4. The quantitative estimate of drug-likeness (QED) is 0.415. The van der Waals surface area contributed by atoms with E-state index in [0.29, 0.717) is 33.5 Å². The topological polar surface area (TPSA) is 88.6 Å². The number of benzene rings is 3. The fourth-order valence-corrected chi connectivity index (χ4v) is 4.36. The van der Waals surface area contributed by atoms with Crippen molar-refractivity contribution in [3.05, 3.63) is 90.2 Å². The Morgan fingerprint density at radius 2 is 1.78 bits per heavy atom. The van der Waals surface area contributed by atoms with Crippen LogP contribution in [0.4, 0.5) is 15.8 Å². The molecule has 1 unspecified atom stereocenters. The SMILES string of the molecule is CC1CC(=O)Nc2ccccc2N1C(=O)COC(=O)c1cc(-c2ccc(F)cc2)nc2ccccc12. The monoisotopic (exact) mass is 483 g/mol. The summed E-state index contributed by atoms with van der Waals surface area (Å²) >= 11 is 0. The number of carbonyl (C=O) groups excluding carboxylic acids is 3. The number of rotatable bonds is 4. The summed E-state index contributed by atoms with van der Waals surface area (Å²) in [5.74, 6) is -1.70. The Kier molecular flexibility index (Phi) is 6.16. The third-order valence-corrected chi connectivity index (χ3v) is 6.03. The van der Waals surface area contributed by atoms with E-state index < -0.39 is 24.5 Å². The molecule has 0 radical (unpaired) electrons. The first-order chi connectivity index (χ1) is 17.4. The number of ether oxygens (including phenoxy) is 1. The highest BCUT2D eigenvalue weighted by Gasteiger charge is 2.30. The molecule has 0 fully saturated rings. The molecule has 1 atom stereocenters. The Labute approximate surface area is 206 Å². The maximum atomic E-state index is 13.4. The van der Waals surface area contributed by atoms with Gasteiger partial charge in [0.25, 0.3) is 5.91 Å². The maximum Gasteiger partial charge on any atom is 0.339 e. The van der Waals surface area contributed by atoms with Gasteiger partial charge < -0.3 is 15.0 Å².